The van der Waals surface area contributed by atoms with Gasteiger partial charge in [-0.3, -0.25) is 9.10 Å². The number of amides is 1. The molecule has 1 amide bonds. The van der Waals surface area contributed by atoms with Crippen molar-refractivity contribution in [2.75, 3.05) is 44.2 Å². The van der Waals surface area contributed by atoms with Crippen molar-refractivity contribution in [1.82, 2.24) is 9.62 Å². The minimum absolute atomic E-state index is 0.0598. The Morgan fingerprint density at radius 3 is 2.09 bits per heavy atom. The number of nitrogens with zero attached hydrogens (tertiary/aromatic N) is 2. The first-order chi connectivity index (χ1) is 21.8. The lowest BCUT2D eigenvalue weighted by Gasteiger charge is -2.36. The Kier molecular flexibility index (Phi) is 9.85. The minimum atomic E-state index is -4.06. The number of fused-ring (bicyclic) bond motifs is 1. The lowest BCUT2D eigenvalue weighted by atomic mass is 9.86. The molecule has 1 fully saturated rings. The van der Waals surface area contributed by atoms with Gasteiger partial charge in [0.2, 0.25) is 10.0 Å². The van der Waals surface area contributed by atoms with Gasteiger partial charge in [0.1, 0.15) is 23.9 Å². The van der Waals surface area contributed by atoms with E-state index in [0.717, 1.165) is 24.8 Å². The van der Waals surface area contributed by atoms with Crippen molar-refractivity contribution in [2.24, 2.45) is 0 Å². The van der Waals surface area contributed by atoms with E-state index >= 15 is 0 Å². The summed E-state index contributed by atoms with van der Waals surface area (Å²) < 4.78 is 73.3. The molecule has 0 unspecified atom stereocenters. The Hall–Kier alpha value is -3.81. The third kappa shape index (κ3) is 7.26. The van der Waals surface area contributed by atoms with Crippen molar-refractivity contribution < 1.29 is 35.8 Å². The van der Waals surface area contributed by atoms with E-state index in [9.17, 15) is 21.6 Å². The highest BCUT2D eigenvalue weighted by Gasteiger charge is 2.38. The van der Waals surface area contributed by atoms with Crippen LogP contribution in [0.25, 0.3) is 0 Å². The van der Waals surface area contributed by atoms with Gasteiger partial charge >= 0.3 is 0 Å². The van der Waals surface area contributed by atoms with Gasteiger partial charge in [0.15, 0.2) is 6.10 Å². The molecule has 248 valence electrons. The average Bonchev–Trinajstić information content (AvgIpc) is 3.06. The maximum atomic E-state index is 13.9. The second kappa shape index (κ2) is 13.5. The molecule has 0 bridgehead atoms. The predicted octanol–water partition coefficient (Wildman–Crippen LogP) is 4.32. The predicted molar refractivity (Wildman–Crippen MR) is 175 cm³/mol. The smallest absolute Gasteiger partial charge is 0.264 e. The van der Waals surface area contributed by atoms with Crippen LogP contribution in [0.15, 0.2) is 76.5 Å². The van der Waals surface area contributed by atoms with Crippen molar-refractivity contribution in [3.8, 4) is 17.2 Å². The van der Waals surface area contributed by atoms with Gasteiger partial charge in [-0.15, -0.1) is 0 Å². The largest absolute Gasteiger partial charge is 0.497 e. The van der Waals surface area contributed by atoms with E-state index in [1.807, 2.05) is 26.8 Å². The molecule has 0 saturated carbocycles. The molecule has 2 aliphatic heterocycles. The molecule has 2 heterocycles. The molecule has 3 aromatic rings. The fourth-order valence-corrected chi connectivity index (χ4v) is 8.36. The second-order valence-corrected chi connectivity index (χ2v) is 16.1. The lowest BCUT2D eigenvalue weighted by Crippen LogP contribution is -2.51. The first-order valence-electron chi connectivity index (χ1n) is 15.3. The molecule has 0 spiro atoms. The monoisotopic (exact) mass is 671 g/mol. The summed E-state index contributed by atoms with van der Waals surface area (Å²) in [6.07, 6.45) is 1.65. The number of methoxy groups -OCH3 is 1. The van der Waals surface area contributed by atoms with E-state index in [-0.39, 0.29) is 40.7 Å². The molecular weight excluding hydrogens is 631 g/mol. The van der Waals surface area contributed by atoms with Gasteiger partial charge in [-0.25, -0.2) is 16.8 Å². The molecule has 0 aromatic heterocycles. The fourth-order valence-electron chi connectivity index (χ4n) is 5.38. The summed E-state index contributed by atoms with van der Waals surface area (Å²) in [5, 5.41) is 2.77. The maximum Gasteiger partial charge on any atom is 0.264 e. The molecule has 11 nitrogen and oxygen atoms in total. The number of rotatable bonds is 10. The Bertz CT molecular complexity index is 1750. The van der Waals surface area contributed by atoms with Crippen molar-refractivity contribution in [2.45, 2.75) is 61.3 Å². The Morgan fingerprint density at radius 1 is 0.870 bits per heavy atom. The Morgan fingerprint density at radius 2 is 1.48 bits per heavy atom. The number of carbonyl (C=O) groups excluding carboxylic acids is 1. The molecule has 3 aromatic carbocycles. The summed E-state index contributed by atoms with van der Waals surface area (Å²) in [7, 11) is -6.10. The summed E-state index contributed by atoms with van der Waals surface area (Å²) in [6.45, 7) is 7.15. The van der Waals surface area contributed by atoms with Crippen LogP contribution in [-0.4, -0.2) is 73.0 Å². The van der Waals surface area contributed by atoms with Gasteiger partial charge in [-0.05, 0) is 84.5 Å². The van der Waals surface area contributed by atoms with Crippen LogP contribution in [0, 0.1) is 0 Å². The number of piperidine rings is 1. The molecule has 1 saturated heterocycles. The van der Waals surface area contributed by atoms with Crippen molar-refractivity contribution in [1.29, 1.82) is 0 Å². The third-order valence-corrected chi connectivity index (χ3v) is 11.8. The van der Waals surface area contributed by atoms with E-state index in [4.69, 9.17) is 14.2 Å². The van der Waals surface area contributed by atoms with E-state index in [0.29, 0.717) is 30.3 Å². The van der Waals surface area contributed by atoms with E-state index in [1.54, 1.807) is 36.4 Å². The number of carbonyl (C=O) groups is 1. The highest BCUT2D eigenvalue weighted by atomic mass is 32.2. The number of sulfonamides is 2. The first kappa shape index (κ1) is 33.6. The van der Waals surface area contributed by atoms with Gasteiger partial charge in [-0.2, -0.15) is 4.31 Å². The molecule has 0 aliphatic carbocycles. The van der Waals surface area contributed by atoms with Gasteiger partial charge in [0.25, 0.3) is 15.9 Å². The highest BCUT2D eigenvalue weighted by Crippen LogP contribution is 2.40. The van der Waals surface area contributed by atoms with Gasteiger partial charge in [-0.1, -0.05) is 33.3 Å². The highest BCUT2D eigenvalue weighted by molar-refractivity contribution is 7.92. The van der Waals surface area contributed by atoms with E-state index in [1.165, 1.54) is 40.0 Å². The van der Waals surface area contributed by atoms with Crippen molar-refractivity contribution in [3.63, 3.8) is 0 Å². The van der Waals surface area contributed by atoms with Crippen LogP contribution in [0.5, 0.6) is 17.2 Å². The van der Waals surface area contributed by atoms with Gasteiger partial charge < -0.3 is 19.5 Å². The summed E-state index contributed by atoms with van der Waals surface area (Å²) in [5.41, 5.74) is 1.03. The standard InChI is InChI=1S/C33H41N3O8S2/c1-33(2,3)24-8-17-30-29(22-24)36(46(40,41)28-13-9-25(42-4)10-14-28)23-31(44-30)32(37)34-18-21-43-26-11-15-27(16-12-26)45(38,39)35-19-6-5-7-20-35/h8-17,22,31H,5-7,18-21,23H2,1-4H3,(H,34,37)/t31-/m1/s1. The first-order valence-corrected chi connectivity index (χ1v) is 18.2. The SMILES string of the molecule is COc1ccc(S(=O)(=O)N2C[C@H](C(=O)NCCOc3ccc(S(=O)(=O)N4CCCCC4)cc3)Oc3ccc(C(C)(C)C)cc32)cc1. The van der Waals surface area contributed by atoms with Crippen LogP contribution in [0.2, 0.25) is 0 Å². The number of ether oxygens (including phenoxy) is 3. The summed E-state index contributed by atoms with van der Waals surface area (Å²) in [5.74, 6) is 0.773. The molecule has 1 N–H and O–H groups in total. The van der Waals surface area contributed by atoms with Gasteiger partial charge in [0.05, 0.1) is 35.7 Å². The molecule has 13 heteroatoms. The third-order valence-electron chi connectivity index (χ3n) is 8.08. The van der Waals surface area contributed by atoms with Crippen LogP contribution in [0.1, 0.15) is 45.6 Å². The molecule has 46 heavy (non-hydrogen) atoms. The zero-order valence-electron chi connectivity index (χ0n) is 26.6. The molecular formula is C33H41N3O8S2. The zero-order valence-corrected chi connectivity index (χ0v) is 28.2. The quantitative estimate of drug-likeness (QED) is 0.316. The fraction of sp³-hybridized carbons (Fsp3) is 0.424. The molecule has 0 radical (unpaired) electrons. The van der Waals surface area contributed by atoms with Crippen LogP contribution < -0.4 is 23.8 Å². The molecule has 5 rings (SSSR count). The Labute approximate surface area is 271 Å². The lowest BCUT2D eigenvalue weighted by molar-refractivity contribution is -0.127. The summed E-state index contributed by atoms with van der Waals surface area (Å²) >= 11 is 0. The topological polar surface area (TPSA) is 132 Å². The van der Waals surface area contributed by atoms with Crippen LogP contribution in [0.3, 0.4) is 0 Å². The van der Waals surface area contributed by atoms with Gasteiger partial charge in [0, 0.05) is 13.1 Å². The number of anilines is 1. The number of hydrogen-bond donors (Lipinski definition) is 1. The maximum absolute atomic E-state index is 13.9. The van der Waals surface area contributed by atoms with Crippen LogP contribution in [0.4, 0.5) is 5.69 Å². The Balaban J connectivity index is 1.25. The summed E-state index contributed by atoms with van der Waals surface area (Å²) in [4.78, 5) is 13.5. The normalized spacial score (nSPS) is 17.5. The number of benzene rings is 3. The van der Waals surface area contributed by atoms with Crippen molar-refractivity contribution in [3.05, 3.63) is 72.3 Å². The minimum Gasteiger partial charge on any atom is -0.497 e. The van der Waals surface area contributed by atoms with Crippen molar-refractivity contribution >= 4 is 31.6 Å². The van der Waals surface area contributed by atoms with E-state index in [2.05, 4.69) is 5.32 Å². The zero-order chi connectivity index (χ0) is 33.1. The second-order valence-electron chi connectivity index (χ2n) is 12.3. The molecule has 1 atom stereocenters. The van der Waals surface area contributed by atoms with Crippen LogP contribution in [-0.2, 0) is 30.3 Å². The number of nitrogens with one attached hydrogen (secondary N) is 1. The van der Waals surface area contributed by atoms with E-state index < -0.39 is 32.1 Å². The number of hydrogen-bond acceptors (Lipinski definition) is 8. The summed E-state index contributed by atoms with van der Waals surface area (Å²) in [6, 6.07) is 17.7. The van der Waals surface area contributed by atoms with Crippen LogP contribution >= 0.6 is 0 Å². The molecule has 2 aliphatic rings. The average molecular weight is 672 g/mol.